The highest BCUT2D eigenvalue weighted by Gasteiger charge is 2.49. The van der Waals surface area contributed by atoms with Crippen LogP contribution in [0, 0.1) is 0 Å². The SMILES string of the molecule is CCOC(=O)N1CCC(N2C(=O)C(=O)/C(=C(/O)c3ccc(OCC)cc3)C2c2ccncc2)CC1. The summed E-state index contributed by atoms with van der Waals surface area (Å²) in [5.41, 5.74) is 1.14. The average Bonchev–Trinajstić information content (AvgIpc) is 3.15. The van der Waals surface area contributed by atoms with Gasteiger partial charge in [-0.3, -0.25) is 14.6 Å². The number of amides is 2. The molecule has 9 heteroatoms. The number of pyridine rings is 1. The van der Waals surface area contributed by atoms with Gasteiger partial charge in [0.05, 0.1) is 24.8 Å². The molecule has 1 unspecified atom stereocenters. The van der Waals surface area contributed by atoms with Gasteiger partial charge in [0.2, 0.25) is 0 Å². The molecule has 35 heavy (non-hydrogen) atoms. The standard InChI is InChI=1S/C26H29N3O6/c1-3-34-20-7-5-18(6-8-20)23(30)21-22(17-9-13-27-14-10-17)29(25(32)24(21)31)19-11-15-28(16-12-19)26(33)35-4-2/h5-10,13-14,19,22,30H,3-4,11-12,15-16H2,1-2H3/b23-21+. The fourth-order valence-corrected chi connectivity index (χ4v) is 4.67. The van der Waals surface area contributed by atoms with Crippen molar-refractivity contribution in [3.8, 4) is 5.75 Å². The zero-order chi connectivity index (χ0) is 24.9. The first-order valence-electron chi connectivity index (χ1n) is 11.8. The lowest BCUT2D eigenvalue weighted by Crippen LogP contribution is -2.48. The summed E-state index contributed by atoms with van der Waals surface area (Å²) in [5, 5.41) is 11.2. The first kappa shape index (κ1) is 24.3. The van der Waals surface area contributed by atoms with Crippen molar-refractivity contribution in [2.24, 2.45) is 0 Å². The number of carbonyl (C=O) groups is 3. The molecule has 2 amide bonds. The van der Waals surface area contributed by atoms with Crippen LogP contribution in [0.2, 0.25) is 0 Å². The summed E-state index contributed by atoms with van der Waals surface area (Å²) in [4.78, 5) is 45.9. The Bertz CT molecular complexity index is 1110. The second-order valence-electron chi connectivity index (χ2n) is 8.36. The number of benzene rings is 1. The van der Waals surface area contributed by atoms with E-state index in [1.807, 2.05) is 6.92 Å². The number of hydrogen-bond acceptors (Lipinski definition) is 7. The zero-order valence-corrected chi connectivity index (χ0v) is 19.8. The molecule has 0 bridgehead atoms. The van der Waals surface area contributed by atoms with Gasteiger partial charge < -0.3 is 24.4 Å². The second-order valence-corrected chi connectivity index (χ2v) is 8.36. The molecule has 3 heterocycles. The number of ketones is 1. The van der Waals surface area contributed by atoms with Crippen LogP contribution in [0.15, 0.2) is 54.4 Å². The molecule has 1 atom stereocenters. The first-order valence-corrected chi connectivity index (χ1v) is 11.8. The van der Waals surface area contributed by atoms with E-state index in [2.05, 4.69) is 4.98 Å². The Labute approximate surface area is 204 Å². The number of likely N-dealkylation sites (tertiary alicyclic amines) is 2. The lowest BCUT2D eigenvalue weighted by Gasteiger charge is -2.38. The molecule has 2 aliphatic heterocycles. The number of rotatable bonds is 6. The van der Waals surface area contributed by atoms with Crippen LogP contribution in [0.4, 0.5) is 4.79 Å². The largest absolute Gasteiger partial charge is 0.507 e. The van der Waals surface area contributed by atoms with Crippen LogP contribution in [0.1, 0.15) is 43.9 Å². The molecular weight excluding hydrogens is 450 g/mol. The molecule has 1 aromatic carbocycles. The van der Waals surface area contributed by atoms with Crippen molar-refractivity contribution in [1.29, 1.82) is 0 Å². The van der Waals surface area contributed by atoms with Gasteiger partial charge in [-0.15, -0.1) is 0 Å². The van der Waals surface area contributed by atoms with Gasteiger partial charge in [0.1, 0.15) is 11.5 Å². The smallest absolute Gasteiger partial charge is 0.409 e. The van der Waals surface area contributed by atoms with E-state index in [1.54, 1.807) is 65.5 Å². The van der Waals surface area contributed by atoms with Gasteiger partial charge in [-0.25, -0.2) is 4.79 Å². The molecule has 4 rings (SSSR count). The van der Waals surface area contributed by atoms with Crippen LogP contribution in [0.25, 0.3) is 5.76 Å². The van der Waals surface area contributed by atoms with E-state index < -0.39 is 17.7 Å². The predicted molar refractivity (Wildman–Crippen MR) is 128 cm³/mol. The lowest BCUT2D eigenvalue weighted by atomic mass is 9.94. The van der Waals surface area contributed by atoms with Gasteiger partial charge in [0.25, 0.3) is 11.7 Å². The Kier molecular flexibility index (Phi) is 7.33. The van der Waals surface area contributed by atoms with E-state index in [9.17, 15) is 19.5 Å². The molecule has 0 radical (unpaired) electrons. The molecule has 2 aliphatic rings. The second kappa shape index (κ2) is 10.6. The Morgan fingerprint density at radius 1 is 1.03 bits per heavy atom. The van der Waals surface area contributed by atoms with E-state index in [0.29, 0.717) is 56.0 Å². The number of nitrogens with zero attached hydrogens (tertiary/aromatic N) is 3. The minimum atomic E-state index is -0.760. The zero-order valence-electron chi connectivity index (χ0n) is 19.8. The van der Waals surface area contributed by atoms with Crippen molar-refractivity contribution >= 4 is 23.5 Å². The predicted octanol–water partition coefficient (Wildman–Crippen LogP) is 3.52. The van der Waals surface area contributed by atoms with Gasteiger partial charge in [0.15, 0.2) is 0 Å². The quantitative estimate of drug-likeness (QED) is 0.384. The van der Waals surface area contributed by atoms with Gasteiger partial charge in [-0.2, -0.15) is 0 Å². The summed E-state index contributed by atoms with van der Waals surface area (Å²) >= 11 is 0. The van der Waals surface area contributed by atoms with E-state index in [4.69, 9.17) is 9.47 Å². The Morgan fingerprint density at radius 2 is 1.69 bits per heavy atom. The summed E-state index contributed by atoms with van der Waals surface area (Å²) in [6, 6.07) is 9.18. The maximum atomic E-state index is 13.3. The average molecular weight is 480 g/mol. The number of aromatic nitrogens is 1. The van der Waals surface area contributed by atoms with Gasteiger partial charge in [-0.05, 0) is 68.7 Å². The van der Waals surface area contributed by atoms with Crippen molar-refractivity contribution in [2.75, 3.05) is 26.3 Å². The lowest BCUT2D eigenvalue weighted by molar-refractivity contribution is -0.142. The third-order valence-electron chi connectivity index (χ3n) is 6.32. The normalized spacial score (nSPS) is 20.2. The van der Waals surface area contributed by atoms with Crippen LogP contribution < -0.4 is 4.74 Å². The third-order valence-corrected chi connectivity index (χ3v) is 6.32. The summed E-state index contributed by atoms with van der Waals surface area (Å²) < 4.78 is 10.5. The van der Waals surface area contributed by atoms with Crippen LogP contribution >= 0.6 is 0 Å². The van der Waals surface area contributed by atoms with Crippen molar-refractivity contribution in [3.63, 3.8) is 0 Å². The maximum Gasteiger partial charge on any atom is 0.409 e. The summed E-state index contributed by atoms with van der Waals surface area (Å²) in [6.45, 7) is 5.25. The molecule has 2 fully saturated rings. The number of piperidine rings is 1. The highest BCUT2D eigenvalue weighted by atomic mass is 16.6. The Morgan fingerprint density at radius 3 is 2.29 bits per heavy atom. The van der Waals surface area contributed by atoms with Crippen molar-refractivity contribution in [3.05, 3.63) is 65.5 Å². The fraction of sp³-hybridized carbons (Fsp3) is 0.385. The molecule has 2 aromatic rings. The molecule has 1 N–H and O–H groups in total. The summed E-state index contributed by atoms with van der Waals surface area (Å²) in [7, 11) is 0. The number of aliphatic hydroxyl groups excluding tert-OH is 1. The molecule has 0 aliphatic carbocycles. The Balaban J connectivity index is 1.69. The highest BCUT2D eigenvalue weighted by molar-refractivity contribution is 6.46. The first-order chi connectivity index (χ1) is 17.0. The Hall–Kier alpha value is -3.88. The molecule has 1 aromatic heterocycles. The van der Waals surface area contributed by atoms with Crippen LogP contribution in [0.5, 0.6) is 5.75 Å². The van der Waals surface area contributed by atoms with Crippen molar-refractivity contribution in [2.45, 2.75) is 38.8 Å². The molecule has 9 nitrogen and oxygen atoms in total. The number of aliphatic hydroxyl groups is 1. The maximum absolute atomic E-state index is 13.3. The van der Waals surface area contributed by atoms with E-state index in [0.717, 1.165) is 0 Å². The van der Waals surface area contributed by atoms with Crippen LogP contribution in [-0.2, 0) is 14.3 Å². The number of hydrogen-bond donors (Lipinski definition) is 1. The molecule has 2 saturated heterocycles. The number of Topliss-reactive ketones (excluding diaryl/α,β-unsaturated/α-hetero) is 1. The van der Waals surface area contributed by atoms with Crippen molar-refractivity contribution in [1.82, 2.24) is 14.8 Å². The molecular formula is C26H29N3O6. The molecule has 184 valence electrons. The summed E-state index contributed by atoms with van der Waals surface area (Å²) in [5.74, 6) is -0.983. The van der Waals surface area contributed by atoms with Crippen LogP contribution in [-0.4, -0.2) is 70.0 Å². The van der Waals surface area contributed by atoms with E-state index >= 15 is 0 Å². The van der Waals surface area contributed by atoms with E-state index in [-0.39, 0.29) is 23.5 Å². The third kappa shape index (κ3) is 4.84. The minimum Gasteiger partial charge on any atom is -0.507 e. The highest BCUT2D eigenvalue weighted by Crippen LogP contribution is 2.42. The van der Waals surface area contributed by atoms with Crippen molar-refractivity contribution < 1.29 is 29.0 Å². The van der Waals surface area contributed by atoms with Gasteiger partial charge in [-0.1, -0.05) is 0 Å². The van der Waals surface area contributed by atoms with E-state index in [1.165, 1.54) is 0 Å². The molecule has 0 spiro atoms. The van der Waals surface area contributed by atoms with Gasteiger partial charge >= 0.3 is 6.09 Å². The van der Waals surface area contributed by atoms with Gasteiger partial charge in [0, 0.05) is 37.1 Å². The number of carbonyl (C=O) groups excluding carboxylic acids is 3. The fourth-order valence-electron chi connectivity index (χ4n) is 4.67. The summed E-state index contributed by atoms with van der Waals surface area (Å²) in [6.07, 6.45) is 3.80. The topological polar surface area (TPSA) is 109 Å². The van der Waals surface area contributed by atoms with Crippen LogP contribution in [0.3, 0.4) is 0 Å². The monoisotopic (exact) mass is 479 g/mol. The minimum absolute atomic E-state index is 0.0400. The molecule has 0 saturated carbocycles. The number of ether oxygens (including phenoxy) is 2.